The van der Waals surface area contributed by atoms with E-state index >= 15 is 0 Å². The normalized spacial score (nSPS) is 9.73. The molecule has 0 bridgehead atoms. The number of nitro groups is 1. The highest BCUT2D eigenvalue weighted by atomic mass is 19.1. The molecule has 0 radical (unpaired) electrons. The van der Waals surface area contributed by atoms with Crippen molar-refractivity contribution in [1.29, 1.82) is 0 Å². The van der Waals surface area contributed by atoms with Crippen LogP contribution in [0.3, 0.4) is 0 Å². The van der Waals surface area contributed by atoms with Crippen LogP contribution in [-0.4, -0.2) is 18.0 Å². The van der Waals surface area contributed by atoms with Crippen molar-refractivity contribution < 1.29 is 18.8 Å². The number of benzene rings is 1. The minimum atomic E-state index is -0.783. The highest BCUT2D eigenvalue weighted by Gasteiger charge is 2.13. The van der Waals surface area contributed by atoms with E-state index in [0.717, 1.165) is 12.1 Å². The third-order valence-corrected chi connectivity index (χ3v) is 1.81. The minimum absolute atomic E-state index is 0.0763. The van der Waals surface area contributed by atoms with Gasteiger partial charge in [-0.05, 0) is 11.6 Å². The second-order valence-corrected chi connectivity index (χ2v) is 2.79. The molecule has 0 fully saturated rings. The molecule has 15 heavy (non-hydrogen) atoms. The van der Waals surface area contributed by atoms with Crippen molar-refractivity contribution in [3.8, 4) is 0 Å². The summed E-state index contributed by atoms with van der Waals surface area (Å²) >= 11 is 0. The molecule has 80 valence electrons. The fraction of sp³-hybridized carbons (Fsp3) is 0.222. The summed E-state index contributed by atoms with van der Waals surface area (Å²) < 4.78 is 17.5. The minimum Gasteiger partial charge on any atom is -0.469 e. The number of halogens is 1. The van der Waals surface area contributed by atoms with E-state index in [1.165, 1.54) is 13.2 Å². The van der Waals surface area contributed by atoms with Crippen LogP contribution in [0.15, 0.2) is 18.2 Å². The van der Waals surface area contributed by atoms with E-state index in [9.17, 15) is 19.3 Å². The van der Waals surface area contributed by atoms with E-state index in [0.29, 0.717) is 0 Å². The van der Waals surface area contributed by atoms with Crippen molar-refractivity contribution in [2.45, 2.75) is 6.42 Å². The third kappa shape index (κ3) is 2.73. The van der Waals surface area contributed by atoms with Crippen LogP contribution in [0, 0.1) is 15.9 Å². The van der Waals surface area contributed by atoms with Crippen molar-refractivity contribution in [2.24, 2.45) is 0 Å². The number of rotatable bonds is 3. The Morgan fingerprint density at radius 3 is 2.73 bits per heavy atom. The SMILES string of the molecule is COC(=O)Cc1ccc([N+](=O)[O-])cc1F. The van der Waals surface area contributed by atoms with Gasteiger partial charge in [0, 0.05) is 6.07 Å². The van der Waals surface area contributed by atoms with Gasteiger partial charge in [-0.15, -0.1) is 0 Å². The predicted octanol–water partition coefficient (Wildman–Crippen LogP) is 1.45. The lowest BCUT2D eigenvalue weighted by Crippen LogP contribution is -2.06. The van der Waals surface area contributed by atoms with Crippen LogP contribution in [0.25, 0.3) is 0 Å². The summed E-state index contributed by atoms with van der Waals surface area (Å²) in [6, 6.07) is 3.12. The van der Waals surface area contributed by atoms with Crippen LogP contribution >= 0.6 is 0 Å². The zero-order valence-electron chi connectivity index (χ0n) is 7.90. The van der Waals surface area contributed by atoms with Gasteiger partial charge in [0.1, 0.15) is 5.82 Å². The maximum atomic E-state index is 13.2. The van der Waals surface area contributed by atoms with Gasteiger partial charge in [0.15, 0.2) is 0 Å². The van der Waals surface area contributed by atoms with Crippen LogP contribution in [0.1, 0.15) is 5.56 Å². The van der Waals surface area contributed by atoms with Gasteiger partial charge in [-0.25, -0.2) is 4.39 Å². The van der Waals surface area contributed by atoms with Gasteiger partial charge in [-0.1, -0.05) is 0 Å². The molecule has 0 atom stereocenters. The van der Waals surface area contributed by atoms with E-state index in [2.05, 4.69) is 4.74 Å². The molecule has 0 spiro atoms. The summed E-state index contributed by atoms with van der Waals surface area (Å²) in [6.07, 6.45) is -0.236. The van der Waals surface area contributed by atoms with Gasteiger partial charge in [-0.2, -0.15) is 0 Å². The molecule has 0 aliphatic heterocycles. The lowest BCUT2D eigenvalue weighted by molar-refractivity contribution is -0.385. The van der Waals surface area contributed by atoms with Crippen molar-refractivity contribution in [3.05, 3.63) is 39.7 Å². The molecule has 0 aliphatic carbocycles. The largest absolute Gasteiger partial charge is 0.469 e. The van der Waals surface area contributed by atoms with Crippen molar-refractivity contribution in [2.75, 3.05) is 7.11 Å². The molecule has 0 aromatic heterocycles. The van der Waals surface area contributed by atoms with Crippen molar-refractivity contribution in [1.82, 2.24) is 0 Å². The molecule has 0 N–H and O–H groups in total. The second kappa shape index (κ2) is 4.50. The Kier molecular flexibility index (Phi) is 3.33. The average molecular weight is 213 g/mol. The molecule has 0 unspecified atom stereocenters. The Hall–Kier alpha value is -1.98. The number of nitrogens with zero attached hydrogens (tertiary/aromatic N) is 1. The topological polar surface area (TPSA) is 69.4 Å². The monoisotopic (exact) mass is 213 g/mol. The lowest BCUT2D eigenvalue weighted by atomic mass is 10.1. The second-order valence-electron chi connectivity index (χ2n) is 2.79. The molecular weight excluding hydrogens is 205 g/mol. The Morgan fingerprint density at radius 1 is 1.60 bits per heavy atom. The van der Waals surface area contributed by atoms with Gasteiger partial charge >= 0.3 is 5.97 Å². The number of carbonyl (C=O) groups is 1. The lowest BCUT2D eigenvalue weighted by Gasteiger charge is -2.01. The number of non-ortho nitro benzene ring substituents is 1. The van der Waals surface area contributed by atoms with Crippen LogP contribution in [0.4, 0.5) is 10.1 Å². The Balaban J connectivity index is 2.93. The molecule has 1 rings (SSSR count). The predicted molar refractivity (Wildman–Crippen MR) is 48.8 cm³/mol. The number of carbonyl (C=O) groups excluding carboxylic acids is 1. The summed E-state index contributed by atoms with van der Waals surface area (Å²) in [5.41, 5.74) is -0.270. The molecular formula is C9H8FNO4. The molecule has 6 heteroatoms. The number of hydrogen-bond acceptors (Lipinski definition) is 4. The van der Waals surface area contributed by atoms with E-state index < -0.39 is 16.7 Å². The van der Waals surface area contributed by atoms with E-state index in [1.807, 2.05) is 0 Å². The number of methoxy groups -OCH3 is 1. The molecule has 0 saturated heterocycles. The average Bonchev–Trinajstić information content (AvgIpc) is 2.20. The Bertz CT molecular complexity index is 405. The summed E-state index contributed by atoms with van der Waals surface area (Å²) in [5.74, 6) is -1.38. The quantitative estimate of drug-likeness (QED) is 0.433. The standard InChI is InChI=1S/C9H8FNO4/c1-15-9(12)4-6-2-3-7(11(13)14)5-8(6)10/h2-3,5H,4H2,1H3. The number of nitro benzene ring substituents is 1. The maximum Gasteiger partial charge on any atom is 0.310 e. The highest BCUT2D eigenvalue weighted by molar-refractivity contribution is 5.72. The summed E-state index contributed by atoms with van der Waals surface area (Å²) in [4.78, 5) is 20.4. The molecule has 5 nitrogen and oxygen atoms in total. The zero-order chi connectivity index (χ0) is 11.4. The first kappa shape index (κ1) is 11.1. The number of esters is 1. The summed E-state index contributed by atoms with van der Waals surface area (Å²) in [7, 11) is 1.19. The Labute approximate surface area is 84.6 Å². The van der Waals surface area contributed by atoms with Crippen LogP contribution < -0.4 is 0 Å². The fourth-order valence-corrected chi connectivity index (χ4v) is 1.02. The van der Waals surface area contributed by atoms with Crippen LogP contribution in [0.2, 0.25) is 0 Å². The molecule has 1 aromatic carbocycles. The zero-order valence-corrected chi connectivity index (χ0v) is 7.90. The summed E-state index contributed by atoms with van der Waals surface area (Å²) in [6.45, 7) is 0. The van der Waals surface area contributed by atoms with E-state index in [4.69, 9.17) is 0 Å². The van der Waals surface area contributed by atoms with Crippen molar-refractivity contribution >= 4 is 11.7 Å². The van der Waals surface area contributed by atoms with Gasteiger partial charge < -0.3 is 4.74 Å². The van der Waals surface area contributed by atoms with E-state index in [1.54, 1.807) is 0 Å². The molecule has 0 amide bonds. The van der Waals surface area contributed by atoms with Crippen molar-refractivity contribution in [3.63, 3.8) is 0 Å². The first-order valence-electron chi connectivity index (χ1n) is 4.04. The fourth-order valence-electron chi connectivity index (χ4n) is 1.02. The molecule has 0 saturated carbocycles. The van der Waals surface area contributed by atoms with Crippen LogP contribution in [0.5, 0.6) is 0 Å². The third-order valence-electron chi connectivity index (χ3n) is 1.81. The highest BCUT2D eigenvalue weighted by Crippen LogP contribution is 2.17. The van der Waals surface area contributed by atoms with E-state index in [-0.39, 0.29) is 17.7 Å². The first-order chi connectivity index (χ1) is 7.04. The smallest absolute Gasteiger partial charge is 0.310 e. The molecule has 0 heterocycles. The summed E-state index contributed by atoms with van der Waals surface area (Å²) in [5, 5.41) is 10.3. The van der Waals surface area contributed by atoms with Crippen LogP contribution in [-0.2, 0) is 16.0 Å². The van der Waals surface area contributed by atoms with Gasteiger partial charge in [0.2, 0.25) is 0 Å². The molecule has 0 aliphatic rings. The van der Waals surface area contributed by atoms with Gasteiger partial charge in [-0.3, -0.25) is 14.9 Å². The molecule has 1 aromatic rings. The Morgan fingerprint density at radius 2 is 2.27 bits per heavy atom. The number of ether oxygens (including phenoxy) is 1. The van der Waals surface area contributed by atoms with Gasteiger partial charge in [0.25, 0.3) is 5.69 Å². The number of hydrogen-bond donors (Lipinski definition) is 0. The van der Waals surface area contributed by atoms with Gasteiger partial charge in [0.05, 0.1) is 24.5 Å². The maximum absolute atomic E-state index is 13.2. The first-order valence-corrected chi connectivity index (χ1v) is 4.04.